The van der Waals surface area contributed by atoms with Crippen LogP contribution in [0.2, 0.25) is 10.0 Å². The molecule has 8 heteroatoms. The second-order valence-corrected chi connectivity index (χ2v) is 9.50. The first-order valence-corrected chi connectivity index (χ1v) is 11.5. The van der Waals surface area contributed by atoms with Crippen LogP contribution in [0.25, 0.3) is 0 Å². The lowest BCUT2D eigenvalue weighted by molar-refractivity contribution is -0.136. The third-order valence-corrected chi connectivity index (χ3v) is 7.09. The van der Waals surface area contributed by atoms with Gasteiger partial charge < -0.3 is 15.4 Å². The van der Waals surface area contributed by atoms with Crippen molar-refractivity contribution in [1.82, 2.24) is 10.6 Å². The average molecular weight is 479 g/mol. The van der Waals surface area contributed by atoms with Gasteiger partial charge in [0.1, 0.15) is 11.6 Å². The summed E-state index contributed by atoms with van der Waals surface area (Å²) >= 11 is 11.6. The van der Waals surface area contributed by atoms with Gasteiger partial charge in [-0.25, -0.2) is 4.39 Å². The number of rotatable bonds is 7. The highest BCUT2D eigenvalue weighted by molar-refractivity contribution is 6.30. The zero-order valence-electron chi connectivity index (χ0n) is 17.6. The Balaban J connectivity index is 1.29. The molecule has 0 aliphatic heterocycles. The standard InChI is InChI=1S/C24H25Cl2FN2O3/c1-13(14-2-4-17(25)5-3-14)28-24(31)19-11-22(16-8-15(19)9-16)29-23(30)12-32-18-6-7-20(26)21(27)10-18/h2-7,10,13,15-16,19,22H,8-9,11-12H2,1H3,(H,28,31)(H,29,30)/t13-,15?,16?,19-,22+/m1/s1. The molecule has 2 aromatic rings. The lowest BCUT2D eigenvalue weighted by Crippen LogP contribution is -2.57. The quantitative estimate of drug-likeness (QED) is 0.593. The second-order valence-electron chi connectivity index (χ2n) is 8.65. The Kier molecular flexibility index (Phi) is 6.91. The Morgan fingerprint density at radius 1 is 1.09 bits per heavy atom. The van der Waals surface area contributed by atoms with Gasteiger partial charge in [-0.15, -0.1) is 0 Å². The SMILES string of the molecule is C[C@@H](NC(=O)[C@@H]1C[C@H](NC(=O)COc2ccc(Cl)c(F)c2)C2CC1C2)c1ccc(Cl)cc1. The molecule has 0 saturated heterocycles. The van der Waals surface area contributed by atoms with Gasteiger partial charge in [-0.2, -0.15) is 0 Å². The molecule has 0 unspecified atom stereocenters. The summed E-state index contributed by atoms with van der Waals surface area (Å²) in [6.45, 7) is 1.72. The molecule has 5 rings (SSSR count). The average Bonchev–Trinajstić information content (AvgIpc) is 2.74. The van der Waals surface area contributed by atoms with E-state index in [1.54, 1.807) is 0 Å². The number of hydrogen-bond donors (Lipinski definition) is 2. The monoisotopic (exact) mass is 478 g/mol. The van der Waals surface area contributed by atoms with Crippen LogP contribution >= 0.6 is 23.2 Å². The van der Waals surface area contributed by atoms with E-state index in [2.05, 4.69) is 10.6 Å². The molecule has 2 bridgehead atoms. The van der Waals surface area contributed by atoms with Gasteiger partial charge in [0.25, 0.3) is 5.91 Å². The highest BCUT2D eigenvalue weighted by Crippen LogP contribution is 2.49. The van der Waals surface area contributed by atoms with Crippen LogP contribution in [0.4, 0.5) is 4.39 Å². The van der Waals surface area contributed by atoms with Crippen molar-refractivity contribution in [3.8, 4) is 5.75 Å². The molecule has 0 aromatic heterocycles. The first-order valence-electron chi connectivity index (χ1n) is 10.7. The Morgan fingerprint density at radius 3 is 2.50 bits per heavy atom. The molecule has 3 saturated carbocycles. The van der Waals surface area contributed by atoms with Gasteiger partial charge in [-0.1, -0.05) is 35.3 Å². The van der Waals surface area contributed by atoms with E-state index >= 15 is 0 Å². The van der Waals surface area contributed by atoms with Crippen molar-refractivity contribution in [1.29, 1.82) is 0 Å². The molecule has 170 valence electrons. The maximum atomic E-state index is 13.5. The number of carbonyl (C=O) groups is 2. The number of benzene rings is 2. The molecule has 2 N–H and O–H groups in total. The molecule has 3 atom stereocenters. The number of nitrogens with one attached hydrogen (secondary N) is 2. The predicted octanol–water partition coefficient (Wildman–Crippen LogP) is 4.92. The molecule has 0 spiro atoms. The van der Waals surface area contributed by atoms with Gasteiger partial charge in [-0.3, -0.25) is 9.59 Å². The van der Waals surface area contributed by atoms with Crippen LogP contribution in [-0.4, -0.2) is 24.5 Å². The van der Waals surface area contributed by atoms with Crippen LogP contribution in [-0.2, 0) is 9.59 Å². The van der Waals surface area contributed by atoms with E-state index in [-0.39, 0.29) is 47.2 Å². The summed E-state index contributed by atoms with van der Waals surface area (Å²) in [6.07, 6.45) is 2.47. The maximum Gasteiger partial charge on any atom is 0.258 e. The first kappa shape index (κ1) is 22.9. The Labute approximate surface area is 196 Å². The number of ether oxygens (including phenoxy) is 1. The van der Waals surface area contributed by atoms with Crippen LogP contribution in [0.1, 0.15) is 37.8 Å². The van der Waals surface area contributed by atoms with Gasteiger partial charge in [0.15, 0.2) is 6.61 Å². The molecular formula is C24H25Cl2FN2O3. The van der Waals surface area contributed by atoms with Crippen molar-refractivity contribution in [3.63, 3.8) is 0 Å². The minimum Gasteiger partial charge on any atom is -0.484 e. The normalized spacial score (nSPS) is 24.8. The smallest absolute Gasteiger partial charge is 0.258 e. The lowest BCUT2D eigenvalue weighted by atomic mass is 9.57. The Bertz CT molecular complexity index is 995. The zero-order valence-corrected chi connectivity index (χ0v) is 19.1. The minimum atomic E-state index is -0.598. The largest absolute Gasteiger partial charge is 0.484 e. The summed E-state index contributed by atoms with van der Waals surface area (Å²) < 4.78 is 18.9. The highest BCUT2D eigenvalue weighted by atomic mass is 35.5. The van der Waals surface area contributed by atoms with Crippen LogP contribution < -0.4 is 15.4 Å². The van der Waals surface area contributed by atoms with Gasteiger partial charge in [0.2, 0.25) is 5.91 Å². The van der Waals surface area contributed by atoms with Crippen molar-refractivity contribution >= 4 is 35.0 Å². The summed E-state index contributed by atoms with van der Waals surface area (Å²) in [6, 6.07) is 11.3. The molecule has 3 fully saturated rings. The molecule has 0 radical (unpaired) electrons. The van der Waals surface area contributed by atoms with Crippen LogP contribution in [0.5, 0.6) is 5.75 Å². The molecule has 2 amide bonds. The molecule has 5 nitrogen and oxygen atoms in total. The summed E-state index contributed by atoms with van der Waals surface area (Å²) in [7, 11) is 0. The summed E-state index contributed by atoms with van der Waals surface area (Å²) in [5.41, 5.74) is 0.991. The maximum absolute atomic E-state index is 13.5. The van der Waals surface area contributed by atoms with Crippen molar-refractivity contribution in [3.05, 3.63) is 63.9 Å². The summed E-state index contributed by atoms with van der Waals surface area (Å²) in [4.78, 5) is 25.4. The Hall–Kier alpha value is -2.31. The number of fused-ring (bicyclic) bond motifs is 2. The van der Waals surface area contributed by atoms with Gasteiger partial charge >= 0.3 is 0 Å². The predicted molar refractivity (Wildman–Crippen MR) is 121 cm³/mol. The highest BCUT2D eigenvalue weighted by Gasteiger charge is 2.49. The molecule has 32 heavy (non-hydrogen) atoms. The number of carbonyl (C=O) groups excluding carboxylic acids is 2. The zero-order chi connectivity index (χ0) is 22.8. The van der Waals surface area contributed by atoms with E-state index in [9.17, 15) is 14.0 Å². The van der Waals surface area contributed by atoms with Gasteiger partial charge in [0.05, 0.1) is 11.1 Å². The number of hydrogen-bond acceptors (Lipinski definition) is 3. The summed E-state index contributed by atoms with van der Waals surface area (Å²) in [5, 5.41) is 6.76. The van der Waals surface area contributed by atoms with Crippen molar-refractivity contribution in [2.45, 2.75) is 38.3 Å². The first-order chi connectivity index (χ1) is 15.3. The molecular weight excluding hydrogens is 454 g/mol. The van der Waals surface area contributed by atoms with Crippen LogP contribution in [0.3, 0.4) is 0 Å². The van der Waals surface area contributed by atoms with Crippen LogP contribution in [0, 0.1) is 23.6 Å². The minimum absolute atomic E-state index is 0.00163. The molecule has 3 aliphatic rings. The number of halogens is 3. The second kappa shape index (κ2) is 9.67. The molecule has 2 aromatic carbocycles. The van der Waals surface area contributed by atoms with Crippen LogP contribution in [0.15, 0.2) is 42.5 Å². The fraction of sp³-hybridized carbons (Fsp3) is 0.417. The van der Waals surface area contributed by atoms with Gasteiger partial charge in [-0.05, 0) is 67.9 Å². The van der Waals surface area contributed by atoms with Crippen molar-refractivity contribution in [2.75, 3.05) is 6.61 Å². The molecule has 0 heterocycles. The van der Waals surface area contributed by atoms with E-state index in [1.807, 2.05) is 31.2 Å². The third-order valence-electron chi connectivity index (χ3n) is 6.53. The molecule has 3 aliphatic carbocycles. The Morgan fingerprint density at radius 2 is 1.81 bits per heavy atom. The topological polar surface area (TPSA) is 67.4 Å². The van der Waals surface area contributed by atoms with Crippen molar-refractivity contribution < 1.29 is 18.7 Å². The fourth-order valence-electron chi connectivity index (χ4n) is 4.64. The van der Waals surface area contributed by atoms with E-state index in [1.165, 1.54) is 12.1 Å². The lowest BCUT2D eigenvalue weighted by Gasteiger charge is -2.50. The van der Waals surface area contributed by atoms with E-state index in [0.29, 0.717) is 23.3 Å². The van der Waals surface area contributed by atoms with E-state index < -0.39 is 5.82 Å². The summed E-state index contributed by atoms with van der Waals surface area (Å²) in [5.74, 6) is -0.0196. The third kappa shape index (κ3) is 5.18. The van der Waals surface area contributed by atoms with E-state index in [4.69, 9.17) is 27.9 Å². The fourth-order valence-corrected chi connectivity index (χ4v) is 4.88. The van der Waals surface area contributed by atoms with Crippen molar-refractivity contribution in [2.24, 2.45) is 17.8 Å². The van der Waals surface area contributed by atoms with Gasteiger partial charge in [0, 0.05) is 23.0 Å². The van der Waals surface area contributed by atoms with E-state index in [0.717, 1.165) is 24.5 Å². The number of amides is 2.